The number of rotatable bonds is 5. The molecule has 3 aromatic rings. The minimum atomic E-state index is -0.260. The number of benzene rings is 1. The molecule has 0 saturated carbocycles. The van der Waals surface area contributed by atoms with Crippen molar-refractivity contribution in [3.05, 3.63) is 48.1 Å². The number of anilines is 2. The molecule has 1 aromatic carbocycles. The van der Waals surface area contributed by atoms with Crippen LogP contribution in [0.3, 0.4) is 0 Å². The van der Waals surface area contributed by atoms with Crippen molar-refractivity contribution >= 4 is 28.1 Å². The van der Waals surface area contributed by atoms with Crippen molar-refractivity contribution in [3.8, 4) is 0 Å². The average molecular weight is 420 g/mol. The van der Waals surface area contributed by atoms with E-state index in [-0.39, 0.29) is 5.91 Å². The molecule has 0 unspecified atom stereocenters. The predicted molar refractivity (Wildman–Crippen MR) is 121 cm³/mol. The zero-order chi connectivity index (χ0) is 21.0. The molecule has 5 rings (SSSR count). The highest BCUT2D eigenvalue weighted by molar-refractivity contribution is 6.10. The third kappa shape index (κ3) is 4.42. The quantitative estimate of drug-likeness (QED) is 0.659. The van der Waals surface area contributed by atoms with Crippen LogP contribution in [0.4, 0.5) is 11.4 Å². The maximum absolute atomic E-state index is 12.9. The van der Waals surface area contributed by atoms with Crippen LogP contribution in [0.5, 0.6) is 0 Å². The number of carbonyl (C=O) groups excluding carboxylic acids is 1. The number of aromatic nitrogens is 2. The van der Waals surface area contributed by atoms with Gasteiger partial charge in [0.25, 0.3) is 5.91 Å². The second-order valence-electron chi connectivity index (χ2n) is 8.57. The van der Waals surface area contributed by atoms with E-state index in [9.17, 15) is 4.79 Å². The molecule has 0 radical (unpaired) electrons. The van der Waals surface area contributed by atoms with Gasteiger partial charge in [-0.1, -0.05) is 11.6 Å². The Labute approximate surface area is 182 Å². The number of amides is 1. The summed E-state index contributed by atoms with van der Waals surface area (Å²) in [7, 11) is 0. The molecular weight excluding hydrogens is 390 g/mol. The molecule has 31 heavy (non-hydrogen) atoms. The molecule has 0 bridgehead atoms. The second-order valence-corrected chi connectivity index (χ2v) is 8.57. The maximum atomic E-state index is 12.9. The number of hydrogen-bond acceptors (Lipinski definition) is 6. The Morgan fingerprint density at radius 3 is 2.55 bits per heavy atom. The van der Waals surface area contributed by atoms with E-state index in [4.69, 9.17) is 4.52 Å². The van der Waals surface area contributed by atoms with Crippen LogP contribution in [0.15, 0.2) is 41.2 Å². The summed E-state index contributed by atoms with van der Waals surface area (Å²) in [5, 5.41) is 9.08. The fraction of sp³-hybridized carbons (Fsp3) is 0.458. The van der Waals surface area contributed by atoms with Crippen molar-refractivity contribution in [3.63, 3.8) is 0 Å². The predicted octanol–water partition coefficient (Wildman–Crippen LogP) is 4.45. The Morgan fingerprint density at radius 1 is 0.968 bits per heavy atom. The van der Waals surface area contributed by atoms with Gasteiger partial charge in [-0.25, -0.2) is 0 Å². The topological polar surface area (TPSA) is 74.5 Å². The molecule has 2 aliphatic heterocycles. The van der Waals surface area contributed by atoms with Crippen LogP contribution >= 0.6 is 0 Å². The first-order valence-corrected chi connectivity index (χ1v) is 11.4. The van der Waals surface area contributed by atoms with Gasteiger partial charge in [-0.15, -0.1) is 0 Å². The first kappa shape index (κ1) is 20.0. The molecule has 7 nitrogen and oxygen atoms in total. The Bertz CT molecular complexity index is 1050. The van der Waals surface area contributed by atoms with Crippen LogP contribution in [-0.2, 0) is 6.54 Å². The molecule has 2 aliphatic rings. The molecular formula is C24H29N5O2. The molecule has 2 saturated heterocycles. The smallest absolute Gasteiger partial charge is 0.277 e. The van der Waals surface area contributed by atoms with E-state index in [1.165, 1.54) is 44.2 Å². The minimum Gasteiger partial charge on any atom is -0.371 e. The molecule has 0 atom stereocenters. The highest BCUT2D eigenvalue weighted by Gasteiger charge is 2.19. The summed E-state index contributed by atoms with van der Waals surface area (Å²) in [6.45, 7) is 5.00. The lowest BCUT2D eigenvalue weighted by molar-refractivity contribution is 0.101. The standard InChI is InChI=1S/C24H29N5O2/c30-24(22-15-18(31-27-22)17-28-11-3-1-4-12-28)26-21-7-8-23(29-13-5-2-6-14-29)19-9-10-25-16-20(19)21/h7-10,15-16H,1-6,11-14,17H2,(H,26,30). The molecule has 0 aliphatic carbocycles. The van der Waals surface area contributed by atoms with Crippen LogP contribution in [0, 0.1) is 0 Å². The van der Waals surface area contributed by atoms with Crippen molar-refractivity contribution in [2.75, 3.05) is 36.4 Å². The minimum absolute atomic E-state index is 0.260. The Hall–Kier alpha value is -2.93. The lowest BCUT2D eigenvalue weighted by Crippen LogP contribution is -2.29. The van der Waals surface area contributed by atoms with E-state index in [0.29, 0.717) is 12.2 Å². The molecule has 1 N–H and O–H groups in total. The highest BCUT2D eigenvalue weighted by atomic mass is 16.5. The van der Waals surface area contributed by atoms with E-state index in [2.05, 4.69) is 31.3 Å². The molecule has 162 valence electrons. The number of pyridine rings is 1. The summed E-state index contributed by atoms with van der Waals surface area (Å²) < 4.78 is 5.44. The van der Waals surface area contributed by atoms with Crippen LogP contribution in [0.1, 0.15) is 54.8 Å². The van der Waals surface area contributed by atoms with Crippen LogP contribution in [-0.4, -0.2) is 47.1 Å². The van der Waals surface area contributed by atoms with E-state index >= 15 is 0 Å². The van der Waals surface area contributed by atoms with Gasteiger partial charge >= 0.3 is 0 Å². The summed E-state index contributed by atoms with van der Waals surface area (Å²) >= 11 is 0. The lowest BCUT2D eigenvalue weighted by atomic mass is 10.0. The van der Waals surface area contributed by atoms with E-state index < -0.39 is 0 Å². The van der Waals surface area contributed by atoms with Gasteiger partial charge in [-0.3, -0.25) is 14.7 Å². The molecule has 2 fully saturated rings. The summed E-state index contributed by atoms with van der Waals surface area (Å²) in [5.74, 6) is 0.476. The number of fused-ring (bicyclic) bond motifs is 1. The van der Waals surface area contributed by atoms with E-state index in [1.54, 1.807) is 6.07 Å². The SMILES string of the molecule is O=C(Nc1ccc(N2CCCCC2)c2ccncc12)c1cc(CN2CCCCC2)on1. The second kappa shape index (κ2) is 9.06. The van der Waals surface area contributed by atoms with Gasteiger partial charge in [0.05, 0.1) is 12.2 Å². The number of likely N-dealkylation sites (tertiary alicyclic amines) is 1. The van der Waals surface area contributed by atoms with Crippen LogP contribution in [0.2, 0.25) is 0 Å². The van der Waals surface area contributed by atoms with Gasteiger partial charge in [0.15, 0.2) is 11.5 Å². The first-order valence-electron chi connectivity index (χ1n) is 11.4. The zero-order valence-corrected chi connectivity index (χ0v) is 17.8. The number of piperidine rings is 2. The summed E-state index contributed by atoms with van der Waals surface area (Å²) in [5.41, 5.74) is 2.26. The van der Waals surface area contributed by atoms with Crippen molar-refractivity contribution in [1.82, 2.24) is 15.0 Å². The number of carbonyl (C=O) groups is 1. The summed E-state index contributed by atoms with van der Waals surface area (Å²) in [6.07, 6.45) is 11.1. The normalized spacial score (nSPS) is 17.7. The number of nitrogens with one attached hydrogen (secondary N) is 1. The lowest BCUT2D eigenvalue weighted by Gasteiger charge is -2.30. The van der Waals surface area contributed by atoms with Crippen LogP contribution < -0.4 is 10.2 Å². The van der Waals surface area contributed by atoms with Gasteiger partial charge in [0.2, 0.25) is 0 Å². The molecule has 4 heterocycles. The number of nitrogens with zero attached hydrogens (tertiary/aromatic N) is 4. The third-order valence-corrected chi connectivity index (χ3v) is 6.36. The van der Waals surface area contributed by atoms with Gasteiger partial charge in [-0.05, 0) is 63.4 Å². The van der Waals surface area contributed by atoms with Crippen molar-refractivity contribution in [2.45, 2.75) is 45.1 Å². The van der Waals surface area contributed by atoms with Crippen molar-refractivity contribution < 1.29 is 9.32 Å². The maximum Gasteiger partial charge on any atom is 0.277 e. The average Bonchev–Trinajstić information content (AvgIpc) is 3.29. The fourth-order valence-electron chi connectivity index (χ4n) is 4.71. The first-order chi connectivity index (χ1) is 15.3. The Kier molecular flexibility index (Phi) is 5.84. The largest absolute Gasteiger partial charge is 0.371 e. The van der Waals surface area contributed by atoms with Crippen LogP contribution in [0.25, 0.3) is 10.8 Å². The molecule has 2 aromatic heterocycles. The zero-order valence-electron chi connectivity index (χ0n) is 17.8. The summed E-state index contributed by atoms with van der Waals surface area (Å²) in [6, 6.07) is 7.86. The number of hydrogen-bond donors (Lipinski definition) is 1. The molecule has 0 spiro atoms. The molecule has 7 heteroatoms. The van der Waals surface area contributed by atoms with Gasteiger partial charge in [-0.2, -0.15) is 0 Å². The Morgan fingerprint density at radius 2 is 1.74 bits per heavy atom. The van der Waals surface area contributed by atoms with Gasteiger partial charge in [0.1, 0.15) is 0 Å². The fourth-order valence-corrected chi connectivity index (χ4v) is 4.71. The van der Waals surface area contributed by atoms with Gasteiger partial charge in [0, 0.05) is 48.0 Å². The highest BCUT2D eigenvalue weighted by Crippen LogP contribution is 2.33. The van der Waals surface area contributed by atoms with Crippen molar-refractivity contribution in [1.29, 1.82) is 0 Å². The van der Waals surface area contributed by atoms with E-state index in [1.807, 2.05) is 24.5 Å². The monoisotopic (exact) mass is 419 g/mol. The van der Waals surface area contributed by atoms with Crippen molar-refractivity contribution in [2.24, 2.45) is 0 Å². The summed E-state index contributed by atoms with van der Waals surface area (Å²) in [4.78, 5) is 22.0. The van der Waals surface area contributed by atoms with E-state index in [0.717, 1.165) is 48.4 Å². The third-order valence-electron chi connectivity index (χ3n) is 6.36. The molecule has 1 amide bonds. The van der Waals surface area contributed by atoms with Gasteiger partial charge < -0.3 is 14.7 Å². The Balaban J connectivity index is 1.34.